The second kappa shape index (κ2) is 7.29. The summed E-state index contributed by atoms with van der Waals surface area (Å²) in [7, 11) is -1.48. The molecule has 0 saturated heterocycles. The summed E-state index contributed by atoms with van der Waals surface area (Å²) in [5.74, 6) is -3.08. The van der Waals surface area contributed by atoms with Crippen LogP contribution in [-0.2, 0) is 7.05 Å². The molecule has 0 atom stereocenters. The van der Waals surface area contributed by atoms with Crippen LogP contribution < -0.4 is 10.0 Å². The van der Waals surface area contributed by atoms with Gasteiger partial charge in [-0.15, -0.1) is 10.8 Å². The lowest BCUT2D eigenvalue weighted by Gasteiger charge is -2.34. The zero-order valence-corrected chi connectivity index (χ0v) is 16.2. The van der Waals surface area contributed by atoms with E-state index in [9.17, 15) is 22.3 Å². The molecule has 1 aliphatic carbocycles. The lowest BCUT2D eigenvalue weighted by Crippen LogP contribution is -2.15. The Morgan fingerprint density at radius 1 is 1.03 bits per heavy atom. The van der Waals surface area contributed by atoms with E-state index < -0.39 is 33.9 Å². The summed E-state index contributed by atoms with van der Waals surface area (Å²) in [5.41, 5.74) is 0.719. The summed E-state index contributed by atoms with van der Waals surface area (Å²) in [5, 5.41) is 6.23. The Hall–Kier alpha value is -2.69. The van der Waals surface area contributed by atoms with Crippen molar-refractivity contribution in [2.24, 2.45) is 7.05 Å². The molecule has 1 aliphatic rings. The Bertz CT molecular complexity index is 1070. The number of aryl methyl sites for hydroxylation is 1. The highest BCUT2D eigenvalue weighted by Gasteiger charge is 2.36. The van der Waals surface area contributed by atoms with Crippen LogP contribution in [0.25, 0.3) is 11.1 Å². The Kier molecular flexibility index (Phi) is 4.93. The van der Waals surface area contributed by atoms with E-state index in [2.05, 4.69) is 15.1 Å². The van der Waals surface area contributed by atoms with E-state index in [4.69, 9.17) is 0 Å². The molecular weight excluding hydrogens is 405 g/mol. The van der Waals surface area contributed by atoms with Crippen LogP contribution in [0.4, 0.5) is 30.2 Å². The van der Waals surface area contributed by atoms with Gasteiger partial charge in [-0.25, -0.2) is 13.2 Å². The van der Waals surface area contributed by atoms with Gasteiger partial charge in [-0.3, -0.25) is 18.5 Å². The van der Waals surface area contributed by atoms with Crippen molar-refractivity contribution in [2.75, 3.05) is 10.0 Å². The molecule has 0 amide bonds. The number of hydrogen-bond donors (Lipinski definition) is 4. The van der Waals surface area contributed by atoms with E-state index in [0.717, 1.165) is 6.07 Å². The molecule has 6 nitrogen and oxygen atoms in total. The van der Waals surface area contributed by atoms with Crippen molar-refractivity contribution < 1.29 is 22.3 Å². The highest BCUT2D eigenvalue weighted by atomic mass is 32.3. The fraction of sp³-hybridized carbons (Fsp3) is 0.211. The van der Waals surface area contributed by atoms with Crippen LogP contribution in [0, 0.1) is 17.5 Å². The van der Waals surface area contributed by atoms with Gasteiger partial charge in [0.15, 0.2) is 11.6 Å². The standard InChI is InChI=1S/C19H19F3N4O2S/c1-26-10-12(9-23-26)11-2-6-16(15(21)8-11)24-19-17(7-5-14(20)18(19)22)25-29(27,28)13-3-4-13/h2,5-10,13,24-25,27-28H,3-4H2,1H3. The molecule has 0 spiro atoms. The highest BCUT2D eigenvalue weighted by Crippen LogP contribution is 2.56. The average molecular weight is 424 g/mol. The van der Waals surface area contributed by atoms with Crippen LogP contribution >= 0.6 is 10.8 Å². The molecule has 29 heavy (non-hydrogen) atoms. The van der Waals surface area contributed by atoms with E-state index in [-0.39, 0.29) is 16.6 Å². The van der Waals surface area contributed by atoms with Gasteiger partial charge in [-0.1, -0.05) is 6.07 Å². The summed E-state index contributed by atoms with van der Waals surface area (Å²) in [4.78, 5) is 0. The summed E-state index contributed by atoms with van der Waals surface area (Å²) in [6, 6.07) is 6.31. The lowest BCUT2D eigenvalue weighted by molar-refractivity contribution is 0.492. The third-order valence-electron chi connectivity index (χ3n) is 4.61. The van der Waals surface area contributed by atoms with E-state index in [1.807, 2.05) is 0 Å². The van der Waals surface area contributed by atoms with Crippen molar-refractivity contribution in [1.29, 1.82) is 0 Å². The van der Waals surface area contributed by atoms with Crippen LogP contribution in [0.3, 0.4) is 0 Å². The summed E-state index contributed by atoms with van der Waals surface area (Å²) < 4.78 is 67.3. The van der Waals surface area contributed by atoms with Crippen LogP contribution in [0.15, 0.2) is 42.7 Å². The first kappa shape index (κ1) is 19.6. The van der Waals surface area contributed by atoms with Gasteiger partial charge in [0.2, 0.25) is 0 Å². The second-order valence-corrected chi connectivity index (χ2v) is 8.96. The molecule has 3 aromatic rings. The molecule has 1 fully saturated rings. The summed E-state index contributed by atoms with van der Waals surface area (Å²) in [6.07, 6.45) is 4.57. The number of benzene rings is 2. The molecule has 1 aromatic heterocycles. The maximum absolute atomic E-state index is 14.6. The summed E-state index contributed by atoms with van der Waals surface area (Å²) >= 11 is 0. The number of halogens is 3. The first-order valence-corrected chi connectivity index (χ1v) is 10.4. The molecule has 0 aliphatic heterocycles. The lowest BCUT2D eigenvalue weighted by atomic mass is 10.1. The predicted octanol–water partition coefficient (Wildman–Crippen LogP) is 5.49. The number of rotatable bonds is 6. The molecule has 0 radical (unpaired) electrons. The first-order chi connectivity index (χ1) is 13.7. The van der Waals surface area contributed by atoms with E-state index in [0.29, 0.717) is 24.0 Å². The fourth-order valence-corrected chi connectivity index (χ4v) is 4.35. The van der Waals surface area contributed by atoms with Crippen LogP contribution in [-0.4, -0.2) is 24.1 Å². The highest BCUT2D eigenvalue weighted by molar-refractivity contribution is 8.26. The van der Waals surface area contributed by atoms with Gasteiger partial charge in [0.05, 0.1) is 22.8 Å². The maximum Gasteiger partial charge on any atom is 0.184 e. The molecule has 2 aromatic carbocycles. The Labute approximate surface area is 166 Å². The van der Waals surface area contributed by atoms with Gasteiger partial charge in [-0.2, -0.15) is 5.10 Å². The zero-order valence-electron chi connectivity index (χ0n) is 15.4. The average Bonchev–Trinajstić information content (AvgIpc) is 3.45. The Morgan fingerprint density at radius 2 is 1.76 bits per heavy atom. The van der Waals surface area contributed by atoms with Crippen LogP contribution in [0.1, 0.15) is 12.8 Å². The fourth-order valence-electron chi connectivity index (χ4n) is 2.90. The van der Waals surface area contributed by atoms with Crippen molar-refractivity contribution >= 4 is 27.8 Å². The van der Waals surface area contributed by atoms with Crippen LogP contribution in [0.5, 0.6) is 0 Å². The van der Waals surface area contributed by atoms with Crippen molar-refractivity contribution in [2.45, 2.75) is 18.1 Å². The Balaban J connectivity index is 1.65. The second-order valence-electron chi connectivity index (χ2n) is 6.90. The van der Waals surface area contributed by atoms with Gasteiger partial charge < -0.3 is 5.32 Å². The van der Waals surface area contributed by atoms with Gasteiger partial charge in [-0.05, 0) is 42.7 Å². The number of nitrogens with one attached hydrogen (secondary N) is 2. The predicted molar refractivity (Wildman–Crippen MR) is 108 cm³/mol. The molecular formula is C19H19F3N4O2S. The molecule has 1 saturated carbocycles. The van der Waals surface area contributed by atoms with Crippen LogP contribution in [0.2, 0.25) is 0 Å². The van der Waals surface area contributed by atoms with E-state index >= 15 is 0 Å². The minimum atomic E-state index is -3.22. The summed E-state index contributed by atoms with van der Waals surface area (Å²) in [6.45, 7) is 0. The number of anilines is 3. The number of hydrogen-bond acceptors (Lipinski definition) is 5. The van der Waals surface area contributed by atoms with Crippen molar-refractivity contribution in [3.05, 3.63) is 60.2 Å². The van der Waals surface area contributed by atoms with Gasteiger partial charge in [0.1, 0.15) is 11.5 Å². The quantitative estimate of drug-likeness (QED) is 0.421. The third kappa shape index (κ3) is 4.04. The monoisotopic (exact) mass is 424 g/mol. The molecule has 0 unspecified atom stereocenters. The largest absolute Gasteiger partial charge is 0.349 e. The third-order valence-corrected chi connectivity index (χ3v) is 6.53. The molecule has 0 bridgehead atoms. The normalized spacial score (nSPS) is 14.7. The van der Waals surface area contributed by atoms with Gasteiger partial charge in [0, 0.05) is 18.8 Å². The topological polar surface area (TPSA) is 82.3 Å². The zero-order chi connectivity index (χ0) is 20.8. The molecule has 4 rings (SSSR count). The number of aromatic nitrogens is 2. The van der Waals surface area contributed by atoms with Crippen molar-refractivity contribution in [3.8, 4) is 11.1 Å². The van der Waals surface area contributed by atoms with Gasteiger partial charge >= 0.3 is 0 Å². The first-order valence-electron chi connectivity index (χ1n) is 8.83. The smallest absolute Gasteiger partial charge is 0.184 e. The minimum absolute atomic E-state index is 0.0634. The minimum Gasteiger partial charge on any atom is -0.349 e. The molecule has 154 valence electrons. The number of nitrogens with zero attached hydrogens (tertiary/aromatic N) is 2. The molecule has 1 heterocycles. The van der Waals surface area contributed by atoms with E-state index in [1.165, 1.54) is 18.2 Å². The van der Waals surface area contributed by atoms with E-state index in [1.54, 1.807) is 30.2 Å². The molecule has 4 N–H and O–H groups in total. The van der Waals surface area contributed by atoms with Gasteiger partial charge in [0.25, 0.3) is 0 Å². The van der Waals surface area contributed by atoms with Crippen molar-refractivity contribution in [1.82, 2.24) is 9.78 Å². The maximum atomic E-state index is 14.6. The SMILES string of the molecule is Cn1cc(-c2ccc(Nc3c(NS(O)(O)C4CC4)ccc(F)c3F)c(F)c2)cn1. The molecule has 10 heteroatoms. The Morgan fingerprint density at radius 3 is 2.38 bits per heavy atom. The van der Waals surface area contributed by atoms with Crippen molar-refractivity contribution in [3.63, 3.8) is 0 Å².